The Labute approximate surface area is 111 Å². The molecule has 3 atom stereocenters. The third-order valence-electron chi connectivity index (χ3n) is 6.27. The van der Waals surface area contributed by atoms with Crippen LogP contribution in [0.25, 0.3) is 0 Å². The van der Waals surface area contributed by atoms with Gasteiger partial charge in [-0.2, -0.15) is 0 Å². The number of aryl methyl sites for hydroxylation is 1. The average molecular weight is 243 g/mol. The summed E-state index contributed by atoms with van der Waals surface area (Å²) in [6.45, 7) is 9.65. The lowest BCUT2D eigenvalue weighted by Gasteiger charge is -2.40. The van der Waals surface area contributed by atoms with Crippen molar-refractivity contribution >= 4 is 5.69 Å². The molecule has 0 radical (unpaired) electrons. The van der Waals surface area contributed by atoms with Crippen LogP contribution in [0.2, 0.25) is 0 Å². The summed E-state index contributed by atoms with van der Waals surface area (Å²) in [4.78, 5) is 0. The molecule has 3 rings (SSSR count). The molecule has 18 heavy (non-hydrogen) atoms. The van der Waals surface area contributed by atoms with Gasteiger partial charge in [0.05, 0.1) is 0 Å². The molecule has 1 heteroatoms. The summed E-state index contributed by atoms with van der Waals surface area (Å²) in [7, 11) is 0. The van der Waals surface area contributed by atoms with Gasteiger partial charge in [-0.1, -0.05) is 39.0 Å². The Kier molecular flexibility index (Phi) is 2.52. The Hall–Kier alpha value is -0.980. The SMILES string of the molecule is Cc1ccccc1N[C@H]1C[C@H]2CC[C@]1(C)C2(C)C. The summed E-state index contributed by atoms with van der Waals surface area (Å²) < 4.78 is 0. The van der Waals surface area contributed by atoms with Crippen LogP contribution < -0.4 is 5.32 Å². The molecule has 2 aliphatic rings. The quantitative estimate of drug-likeness (QED) is 0.799. The Morgan fingerprint density at radius 3 is 2.44 bits per heavy atom. The molecule has 1 aromatic carbocycles. The van der Waals surface area contributed by atoms with Gasteiger partial charge < -0.3 is 5.32 Å². The van der Waals surface area contributed by atoms with E-state index in [1.807, 2.05) is 0 Å². The first kappa shape index (κ1) is 12.1. The van der Waals surface area contributed by atoms with Crippen LogP contribution in [0.3, 0.4) is 0 Å². The lowest BCUT2D eigenvalue weighted by molar-refractivity contribution is 0.142. The van der Waals surface area contributed by atoms with Crippen LogP contribution in [0.15, 0.2) is 24.3 Å². The van der Waals surface area contributed by atoms with E-state index in [-0.39, 0.29) is 0 Å². The Balaban J connectivity index is 1.86. The fourth-order valence-electron chi connectivity index (χ4n) is 4.34. The van der Waals surface area contributed by atoms with Crippen molar-refractivity contribution in [2.75, 3.05) is 5.32 Å². The number of fused-ring (bicyclic) bond motifs is 2. The van der Waals surface area contributed by atoms with Crippen LogP contribution in [0, 0.1) is 23.7 Å². The smallest absolute Gasteiger partial charge is 0.0372 e. The molecule has 2 saturated carbocycles. The summed E-state index contributed by atoms with van der Waals surface area (Å²) in [5, 5.41) is 3.84. The van der Waals surface area contributed by atoms with E-state index in [1.54, 1.807) is 0 Å². The molecule has 0 spiro atoms. The van der Waals surface area contributed by atoms with Crippen molar-refractivity contribution in [3.8, 4) is 0 Å². The van der Waals surface area contributed by atoms with E-state index in [2.05, 4.69) is 57.3 Å². The molecule has 0 unspecified atom stereocenters. The normalized spacial score (nSPS) is 36.9. The van der Waals surface area contributed by atoms with Gasteiger partial charge in [-0.3, -0.25) is 0 Å². The maximum atomic E-state index is 3.84. The molecule has 2 fully saturated rings. The van der Waals surface area contributed by atoms with E-state index in [0.717, 1.165) is 5.92 Å². The van der Waals surface area contributed by atoms with Gasteiger partial charge in [-0.15, -0.1) is 0 Å². The number of anilines is 1. The van der Waals surface area contributed by atoms with Gasteiger partial charge >= 0.3 is 0 Å². The summed E-state index contributed by atoms with van der Waals surface area (Å²) in [6.07, 6.45) is 4.15. The molecule has 1 aromatic rings. The maximum absolute atomic E-state index is 3.84. The van der Waals surface area contributed by atoms with E-state index >= 15 is 0 Å². The molecule has 98 valence electrons. The fourth-order valence-corrected chi connectivity index (χ4v) is 4.34. The van der Waals surface area contributed by atoms with Crippen LogP contribution in [0.5, 0.6) is 0 Å². The van der Waals surface area contributed by atoms with Crippen molar-refractivity contribution in [2.45, 2.75) is 53.0 Å². The first-order valence-corrected chi connectivity index (χ1v) is 7.27. The number of rotatable bonds is 2. The van der Waals surface area contributed by atoms with Crippen molar-refractivity contribution in [3.05, 3.63) is 29.8 Å². The number of hydrogen-bond acceptors (Lipinski definition) is 1. The maximum Gasteiger partial charge on any atom is 0.0372 e. The molecule has 0 amide bonds. The lowest BCUT2D eigenvalue weighted by atomic mass is 9.69. The largest absolute Gasteiger partial charge is 0.382 e. The van der Waals surface area contributed by atoms with Crippen molar-refractivity contribution < 1.29 is 0 Å². The fraction of sp³-hybridized carbons (Fsp3) is 0.647. The average Bonchev–Trinajstić information content (AvgIpc) is 2.65. The van der Waals surface area contributed by atoms with Crippen molar-refractivity contribution in [1.29, 1.82) is 0 Å². The zero-order valence-corrected chi connectivity index (χ0v) is 12.1. The molecule has 0 heterocycles. The monoisotopic (exact) mass is 243 g/mol. The van der Waals surface area contributed by atoms with Gasteiger partial charge in [0.1, 0.15) is 0 Å². The van der Waals surface area contributed by atoms with Gasteiger partial charge in [0, 0.05) is 11.7 Å². The number of benzene rings is 1. The number of para-hydroxylation sites is 1. The second-order valence-corrected chi connectivity index (χ2v) is 7.12. The van der Waals surface area contributed by atoms with E-state index in [0.29, 0.717) is 16.9 Å². The van der Waals surface area contributed by atoms with Crippen LogP contribution in [0.4, 0.5) is 5.69 Å². The minimum Gasteiger partial charge on any atom is -0.382 e. The highest BCUT2D eigenvalue weighted by Crippen LogP contribution is 2.65. The van der Waals surface area contributed by atoms with Gasteiger partial charge in [-0.25, -0.2) is 0 Å². The summed E-state index contributed by atoms with van der Waals surface area (Å²) in [6, 6.07) is 9.32. The van der Waals surface area contributed by atoms with E-state index < -0.39 is 0 Å². The molecule has 1 N–H and O–H groups in total. The third-order valence-corrected chi connectivity index (χ3v) is 6.27. The molecule has 2 bridgehead atoms. The number of nitrogens with one attached hydrogen (secondary N) is 1. The zero-order chi connectivity index (χ0) is 13.0. The minimum absolute atomic E-state index is 0.458. The summed E-state index contributed by atoms with van der Waals surface area (Å²) >= 11 is 0. The molecular formula is C17H25N. The molecule has 0 aromatic heterocycles. The van der Waals surface area contributed by atoms with Crippen LogP contribution in [-0.4, -0.2) is 6.04 Å². The number of hydrogen-bond donors (Lipinski definition) is 1. The molecule has 1 nitrogen and oxygen atoms in total. The zero-order valence-electron chi connectivity index (χ0n) is 12.1. The van der Waals surface area contributed by atoms with Gasteiger partial charge in [0.2, 0.25) is 0 Å². The van der Waals surface area contributed by atoms with Gasteiger partial charge in [0.15, 0.2) is 0 Å². The van der Waals surface area contributed by atoms with Crippen molar-refractivity contribution in [1.82, 2.24) is 0 Å². The summed E-state index contributed by atoms with van der Waals surface area (Å²) in [5.74, 6) is 0.906. The van der Waals surface area contributed by atoms with Gasteiger partial charge in [0.25, 0.3) is 0 Å². The topological polar surface area (TPSA) is 12.0 Å². The Morgan fingerprint density at radius 1 is 1.17 bits per heavy atom. The highest BCUT2D eigenvalue weighted by Gasteiger charge is 2.61. The first-order chi connectivity index (χ1) is 8.45. The van der Waals surface area contributed by atoms with Crippen molar-refractivity contribution in [3.63, 3.8) is 0 Å². The molecule has 0 saturated heterocycles. The third kappa shape index (κ3) is 1.46. The van der Waals surface area contributed by atoms with E-state index in [9.17, 15) is 0 Å². The molecular weight excluding hydrogens is 218 g/mol. The summed E-state index contributed by atoms with van der Waals surface area (Å²) in [5.41, 5.74) is 3.64. The molecule has 0 aliphatic heterocycles. The van der Waals surface area contributed by atoms with Crippen molar-refractivity contribution in [2.24, 2.45) is 16.7 Å². The predicted molar refractivity (Wildman–Crippen MR) is 77.8 cm³/mol. The predicted octanol–water partition coefficient (Wildman–Crippen LogP) is 4.62. The molecule has 2 aliphatic carbocycles. The second-order valence-electron chi connectivity index (χ2n) is 7.12. The standard InChI is InChI=1S/C17H25N/c1-12-7-5-6-8-14(12)18-15-11-13-9-10-17(15,4)16(13,2)3/h5-8,13,15,18H,9-11H2,1-4H3/t13-,15+,17+/m1/s1. The van der Waals surface area contributed by atoms with E-state index in [4.69, 9.17) is 0 Å². The lowest BCUT2D eigenvalue weighted by Crippen LogP contribution is -2.40. The second kappa shape index (κ2) is 3.76. The van der Waals surface area contributed by atoms with Crippen LogP contribution in [0.1, 0.15) is 45.6 Å². The highest BCUT2D eigenvalue weighted by molar-refractivity contribution is 5.51. The Morgan fingerprint density at radius 2 is 1.89 bits per heavy atom. The Bertz CT molecular complexity index is 462. The van der Waals surface area contributed by atoms with Crippen LogP contribution >= 0.6 is 0 Å². The van der Waals surface area contributed by atoms with Crippen LogP contribution in [-0.2, 0) is 0 Å². The minimum atomic E-state index is 0.458. The first-order valence-electron chi connectivity index (χ1n) is 7.27. The van der Waals surface area contributed by atoms with Gasteiger partial charge in [-0.05, 0) is 54.6 Å². The highest BCUT2D eigenvalue weighted by atomic mass is 15.0. The van der Waals surface area contributed by atoms with E-state index in [1.165, 1.54) is 30.5 Å².